The molecule has 3 aromatic rings. The number of allylic oxidation sites excluding steroid dienone is 2. The number of hydrogen-bond donors (Lipinski definition) is 2. The second-order valence-electron chi connectivity index (χ2n) is 7.02. The molecule has 0 fully saturated rings. The molecule has 1 aromatic heterocycles. The highest BCUT2D eigenvalue weighted by Crippen LogP contribution is 2.25. The third kappa shape index (κ3) is 11.0. The highest BCUT2D eigenvalue weighted by molar-refractivity contribution is 9.11. The molecule has 0 radical (unpaired) electrons. The molecule has 3 N–H and O–H groups in total. The molecule has 0 aliphatic carbocycles. The molecular weight excluding hydrogens is 632 g/mol. The van der Waals surface area contributed by atoms with E-state index in [0.717, 1.165) is 10.0 Å². The van der Waals surface area contributed by atoms with E-state index in [1.165, 1.54) is 0 Å². The minimum Gasteiger partial charge on any atom is -0.451 e. The number of carbonyl (C=O) groups is 2. The lowest BCUT2D eigenvalue weighted by molar-refractivity contribution is 0.0997. The summed E-state index contributed by atoms with van der Waals surface area (Å²) >= 11 is 6.57. The van der Waals surface area contributed by atoms with Gasteiger partial charge in [-0.25, -0.2) is 0 Å². The zero-order chi connectivity index (χ0) is 29.2. The first-order valence-corrected chi connectivity index (χ1v) is 12.7. The van der Waals surface area contributed by atoms with E-state index in [2.05, 4.69) is 113 Å². The van der Waals surface area contributed by atoms with Gasteiger partial charge in [0, 0.05) is 16.1 Å². The van der Waals surface area contributed by atoms with Crippen LogP contribution >= 0.6 is 31.9 Å². The number of rotatable bonds is 5. The van der Waals surface area contributed by atoms with E-state index in [1.807, 2.05) is 24.3 Å². The third-order valence-electron chi connectivity index (χ3n) is 4.34. The van der Waals surface area contributed by atoms with Gasteiger partial charge in [-0.2, -0.15) is 0 Å². The third-order valence-corrected chi connectivity index (χ3v) is 5.30. The molecule has 7 heteroatoms. The number of nitrogens with one attached hydrogen (secondary N) is 1. The van der Waals surface area contributed by atoms with Crippen molar-refractivity contribution in [3.8, 4) is 11.3 Å². The number of nitrogens with two attached hydrogens (primary N) is 1. The van der Waals surface area contributed by atoms with E-state index in [4.69, 9.17) is 10.2 Å². The molecule has 192 valence electrons. The van der Waals surface area contributed by atoms with Crippen molar-refractivity contribution in [2.24, 2.45) is 5.73 Å². The maximum Gasteiger partial charge on any atom is 0.291 e. The standard InChI is InChI=1S/C18H13BrN2O3.C15H5Br/c19-12-7-5-11(6-8-12)15-9-10-16(24-15)18(23)21-14-4-2-1-3-13(14)17(20)22;1-3-5-7-8-9-10-12-14-15(16)13-11-6-4-2/h1-10H,(H2,20,22)(H,21,23);13H,1-2H2. The number of halogens is 2. The molecule has 3 rings (SSSR count). The molecular formula is C33H18Br2N2O3. The van der Waals surface area contributed by atoms with Gasteiger partial charge < -0.3 is 15.5 Å². The molecule has 2 amide bonds. The fourth-order valence-electron chi connectivity index (χ4n) is 2.67. The van der Waals surface area contributed by atoms with Gasteiger partial charge in [-0.3, -0.25) is 9.59 Å². The smallest absolute Gasteiger partial charge is 0.291 e. The van der Waals surface area contributed by atoms with Crippen molar-refractivity contribution in [2.45, 2.75) is 0 Å². The lowest BCUT2D eigenvalue weighted by Crippen LogP contribution is -2.17. The predicted octanol–water partition coefficient (Wildman–Crippen LogP) is 7.85. The highest BCUT2D eigenvalue weighted by atomic mass is 79.9. The Kier molecular flexibility index (Phi) is 13.3. The van der Waals surface area contributed by atoms with Gasteiger partial charge in [-0.15, -0.1) is 0 Å². The van der Waals surface area contributed by atoms with Crippen LogP contribution in [0.2, 0.25) is 0 Å². The van der Waals surface area contributed by atoms with Crippen molar-refractivity contribution >= 4 is 49.4 Å². The van der Waals surface area contributed by atoms with Crippen LogP contribution in [0.5, 0.6) is 0 Å². The molecule has 0 unspecified atom stereocenters. The average molecular weight is 650 g/mol. The van der Waals surface area contributed by atoms with Crippen LogP contribution in [0.3, 0.4) is 0 Å². The van der Waals surface area contributed by atoms with Crippen molar-refractivity contribution in [3.63, 3.8) is 0 Å². The topological polar surface area (TPSA) is 85.3 Å². The largest absolute Gasteiger partial charge is 0.451 e. The van der Waals surface area contributed by atoms with Gasteiger partial charge in [0.2, 0.25) is 0 Å². The average Bonchev–Trinajstić information content (AvgIpc) is 3.44. The number of carbonyl (C=O) groups excluding carboxylic acids is 2. The van der Waals surface area contributed by atoms with E-state index < -0.39 is 11.8 Å². The van der Waals surface area contributed by atoms with Crippen LogP contribution < -0.4 is 11.1 Å². The van der Waals surface area contributed by atoms with E-state index in [-0.39, 0.29) is 11.3 Å². The van der Waals surface area contributed by atoms with E-state index in [0.29, 0.717) is 15.9 Å². The molecule has 1 heterocycles. The zero-order valence-electron chi connectivity index (χ0n) is 20.8. The van der Waals surface area contributed by atoms with Gasteiger partial charge in [0.15, 0.2) is 5.76 Å². The summed E-state index contributed by atoms with van der Waals surface area (Å²) in [6.45, 7) is 6.64. The van der Waals surface area contributed by atoms with Crippen LogP contribution in [0.4, 0.5) is 5.69 Å². The molecule has 0 bridgehead atoms. The number of benzene rings is 2. The summed E-state index contributed by atoms with van der Waals surface area (Å²) in [4.78, 5) is 23.7. The van der Waals surface area contributed by atoms with Gasteiger partial charge in [-0.1, -0.05) is 57.4 Å². The predicted molar refractivity (Wildman–Crippen MR) is 162 cm³/mol. The summed E-state index contributed by atoms with van der Waals surface area (Å²) in [5.74, 6) is -0.337. The molecule has 2 aromatic carbocycles. The summed E-state index contributed by atoms with van der Waals surface area (Å²) in [5.41, 5.74) is 34.6. The Labute approximate surface area is 248 Å². The lowest BCUT2D eigenvalue weighted by Gasteiger charge is -2.07. The SMILES string of the molecule is C=C=C=C=C=C=C=C=C=C(Br)C=C=C=C=C.NC(=O)c1ccccc1NC(=O)c1ccc(-c2ccc(Br)cc2)o1. The Balaban J connectivity index is 0.000000307. The monoisotopic (exact) mass is 648 g/mol. The summed E-state index contributed by atoms with van der Waals surface area (Å²) in [6.07, 6.45) is 1.59. The number of furan rings is 1. The number of amides is 2. The number of para-hydroxylation sites is 1. The first kappa shape index (κ1) is 30.9. The highest BCUT2D eigenvalue weighted by Gasteiger charge is 2.15. The fraction of sp³-hybridized carbons (Fsp3) is 0. The maximum atomic E-state index is 12.3. The van der Waals surface area contributed by atoms with Crippen LogP contribution in [0.1, 0.15) is 20.9 Å². The second kappa shape index (κ2) is 17.2. The van der Waals surface area contributed by atoms with Gasteiger partial charge in [0.1, 0.15) is 5.76 Å². The van der Waals surface area contributed by atoms with Crippen molar-refractivity contribution in [1.82, 2.24) is 0 Å². The van der Waals surface area contributed by atoms with E-state index in [1.54, 1.807) is 42.5 Å². The molecule has 0 atom stereocenters. The second-order valence-corrected chi connectivity index (χ2v) is 8.79. The Morgan fingerprint density at radius 1 is 0.850 bits per heavy atom. The van der Waals surface area contributed by atoms with Crippen molar-refractivity contribution in [3.05, 3.63) is 163 Å². The molecule has 40 heavy (non-hydrogen) atoms. The molecule has 0 aliphatic rings. The molecule has 0 spiro atoms. The molecule has 0 saturated heterocycles. The first-order valence-electron chi connectivity index (χ1n) is 11.1. The zero-order valence-corrected chi connectivity index (χ0v) is 24.0. The van der Waals surface area contributed by atoms with Gasteiger partial charge >= 0.3 is 0 Å². The summed E-state index contributed by atoms with van der Waals surface area (Å²) in [6, 6.07) is 17.4. The van der Waals surface area contributed by atoms with Crippen LogP contribution in [0.15, 0.2) is 156 Å². The van der Waals surface area contributed by atoms with Crippen molar-refractivity contribution in [1.29, 1.82) is 0 Å². The molecule has 0 aliphatic heterocycles. The normalized spacial score (nSPS) is 8.15. The first-order chi connectivity index (χ1) is 19.3. The summed E-state index contributed by atoms with van der Waals surface area (Å²) in [7, 11) is 0. The van der Waals surface area contributed by atoms with Gasteiger partial charge in [-0.05, 0) is 111 Å². The Morgan fingerprint density at radius 3 is 2.17 bits per heavy atom. The lowest BCUT2D eigenvalue weighted by atomic mass is 10.1. The van der Waals surface area contributed by atoms with E-state index in [9.17, 15) is 9.59 Å². The van der Waals surface area contributed by atoms with Crippen LogP contribution in [-0.4, -0.2) is 11.8 Å². The van der Waals surface area contributed by atoms with Crippen LogP contribution in [0, 0.1) is 0 Å². The van der Waals surface area contributed by atoms with Crippen molar-refractivity contribution in [2.75, 3.05) is 5.32 Å². The Bertz CT molecular complexity index is 1860. The van der Waals surface area contributed by atoms with E-state index >= 15 is 0 Å². The number of hydrogen-bond acceptors (Lipinski definition) is 3. The van der Waals surface area contributed by atoms with Gasteiger partial charge in [0.05, 0.1) is 15.7 Å². The summed E-state index contributed by atoms with van der Waals surface area (Å²) in [5, 5.41) is 2.64. The Hall–Kier alpha value is -5.32. The molecule has 0 saturated carbocycles. The minimum absolute atomic E-state index is 0.146. The fourth-order valence-corrected chi connectivity index (χ4v) is 3.14. The minimum atomic E-state index is -0.610. The van der Waals surface area contributed by atoms with Crippen LogP contribution in [-0.2, 0) is 0 Å². The van der Waals surface area contributed by atoms with Crippen molar-refractivity contribution < 1.29 is 14.0 Å². The van der Waals surface area contributed by atoms with Crippen LogP contribution in [0.25, 0.3) is 11.3 Å². The quantitative estimate of drug-likeness (QED) is 0.218. The number of anilines is 1. The molecule has 5 nitrogen and oxygen atoms in total. The van der Waals surface area contributed by atoms with Gasteiger partial charge in [0.25, 0.3) is 11.8 Å². The Morgan fingerprint density at radius 2 is 1.50 bits per heavy atom. The number of primary amides is 1. The maximum absolute atomic E-state index is 12.3. The summed E-state index contributed by atoms with van der Waals surface area (Å²) < 4.78 is 7.19.